The average Bonchev–Trinajstić information content (AvgIpc) is 2.40. The number of aromatic nitrogens is 1. The molecule has 0 fully saturated rings. The molecule has 1 heterocycles. The van der Waals surface area contributed by atoms with Crippen LogP contribution in [0.15, 0.2) is 47.5 Å². The van der Waals surface area contributed by atoms with Gasteiger partial charge in [0, 0.05) is 17.1 Å². The molecule has 0 aliphatic rings. The molecule has 0 aliphatic heterocycles. The van der Waals surface area contributed by atoms with Gasteiger partial charge in [0.15, 0.2) is 0 Å². The van der Waals surface area contributed by atoms with Crippen LogP contribution in [0.1, 0.15) is 17.9 Å². The van der Waals surface area contributed by atoms with Crippen molar-refractivity contribution >= 4 is 35.0 Å². The number of pyridine rings is 1. The number of rotatable bonds is 4. The van der Waals surface area contributed by atoms with E-state index in [1.165, 1.54) is 0 Å². The Kier molecular flexibility index (Phi) is 5.11. The fourth-order valence-corrected chi connectivity index (χ4v) is 3.14. The maximum Gasteiger partial charge on any atom is 0.0665 e. The van der Waals surface area contributed by atoms with Crippen LogP contribution in [0, 0.1) is 0 Å². The summed E-state index contributed by atoms with van der Waals surface area (Å²) in [7, 11) is 0. The number of halogens is 2. The molecular weight excluding hydrogens is 299 g/mol. The van der Waals surface area contributed by atoms with Gasteiger partial charge in [-0.2, -0.15) is 0 Å². The van der Waals surface area contributed by atoms with Crippen molar-refractivity contribution in [2.75, 3.05) is 0 Å². The van der Waals surface area contributed by atoms with Gasteiger partial charge in [-0.25, -0.2) is 0 Å². The molecule has 5 heteroatoms. The Labute approximate surface area is 127 Å². The fourth-order valence-electron chi connectivity index (χ4n) is 1.68. The third kappa shape index (κ3) is 3.86. The molecule has 2 nitrogen and oxygen atoms in total. The first-order chi connectivity index (χ1) is 9.08. The normalized spacial score (nSPS) is 14.1. The number of nitrogens with two attached hydrogens (primary N) is 1. The standard InChI is InChI=1S/C14H14Cl2N2S/c1-9(17)14(13-4-2-3-7-18-13)19-10-5-6-11(15)12(16)8-10/h2-9,14H,17H2,1H3. The number of thioether (sulfide) groups is 1. The van der Waals surface area contributed by atoms with E-state index >= 15 is 0 Å². The Morgan fingerprint density at radius 1 is 1.16 bits per heavy atom. The maximum atomic E-state index is 6.06. The lowest BCUT2D eigenvalue weighted by Gasteiger charge is -2.20. The first-order valence-electron chi connectivity index (χ1n) is 5.86. The molecule has 2 unspecified atom stereocenters. The second kappa shape index (κ2) is 6.62. The second-order valence-electron chi connectivity index (χ2n) is 4.23. The van der Waals surface area contributed by atoms with E-state index in [4.69, 9.17) is 28.9 Å². The molecular formula is C14H14Cl2N2S. The monoisotopic (exact) mass is 312 g/mol. The number of nitrogens with zero attached hydrogens (tertiary/aromatic N) is 1. The van der Waals surface area contributed by atoms with Crippen molar-refractivity contribution in [3.05, 3.63) is 58.3 Å². The van der Waals surface area contributed by atoms with Gasteiger partial charge in [0.25, 0.3) is 0 Å². The van der Waals surface area contributed by atoms with Crippen LogP contribution in [0.25, 0.3) is 0 Å². The van der Waals surface area contributed by atoms with E-state index in [9.17, 15) is 0 Å². The van der Waals surface area contributed by atoms with E-state index in [1.807, 2.05) is 37.3 Å². The lowest BCUT2D eigenvalue weighted by Crippen LogP contribution is -2.23. The number of benzene rings is 1. The number of hydrogen-bond donors (Lipinski definition) is 1. The van der Waals surface area contributed by atoms with Crippen molar-refractivity contribution in [3.8, 4) is 0 Å². The van der Waals surface area contributed by atoms with Crippen molar-refractivity contribution < 1.29 is 0 Å². The molecule has 0 aliphatic carbocycles. The summed E-state index contributed by atoms with van der Waals surface area (Å²) in [6.07, 6.45) is 1.78. The molecule has 2 aromatic rings. The Morgan fingerprint density at radius 3 is 2.53 bits per heavy atom. The summed E-state index contributed by atoms with van der Waals surface area (Å²) in [5.41, 5.74) is 7.03. The van der Waals surface area contributed by atoms with Gasteiger partial charge in [-0.3, -0.25) is 4.98 Å². The van der Waals surface area contributed by atoms with Gasteiger partial charge in [-0.05, 0) is 37.3 Å². The van der Waals surface area contributed by atoms with E-state index in [0.717, 1.165) is 10.6 Å². The SMILES string of the molecule is CC(N)C(Sc1ccc(Cl)c(Cl)c1)c1ccccn1. The van der Waals surface area contributed by atoms with Crippen LogP contribution in [0.4, 0.5) is 0 Å². The van der Waals surface area contributed by atoms with Gasteiger partial charge in [-0.1, -0.05) is 29.3 Å². The summed E-state index contributed by atoms with van der Waals surface area (Å²) in [6.45, 7) is 1.98. The first kappa shape index (κ1) is 14.7. The summed E-state index contributed by atoms with van der Waals surface area (Å²) in [5, 5.41) is 1.19. The summed E-state index contributed by atoms with van der Waals surface area (Å²) >= 11 is 13.6. The zero-order valence-corrected chi connectivity index (χ0v) is 12.7. The summed E-state index contributed by atoms with van der Waals surface area (Å²) in [6, 6.07) is 11.4. The molecule has 0 saturated carbocycles. The van der Waals surface area contributed by atoms with Gasteiger partial charge in [0.05, 0.1) is 21.0 Å². The average molecular weight is 313 g/mol. The third-order valence-electron chi connectivity index (χ3n) is 2.61. The predicted octanol–water partition coefficient (Wildman–Crippen LogP) is 4.57. The predicted molar refractivity (Wildman–Crippen MR) is 82.9 cm³/mol. The molecule has 1 aromatic carbocycles. The summed E-state index contributed by atoms with van der Waals surface area (Å²) in [5.74, 6) is 0. The molecule has 0 radical (unpaired) electrons. The largest absolute Gasteiger partial charge is 0.327 e. The van der Waals surface area contributed by atoms with Crippen LogP contribution in [0.3, 0.4) is 0 Å². The molecule has 0 spiro atoms. The van der Waals surface area contributed by atoms with Gasteiger partial charge in [-0.15, -0.1) is 11.8 Å². The number of hydrogen-bond acceptors (Lipinski definition) is 3. The summed E-state index contributed by atoms with van der Waals surface area (Å²) < 4.78 is 0. The second-order valence-corrected chi connectivity index (χ2v) is 6.26. The third-order valence-corrected chi connectivity index (χ3v) is 4.80. The molecule has 0 saturated heterocycles. The minimum atomic E-state index is -0.0191. The highest BCUT2D eigenvalue weighted by molar-refractivity contribution is 7.99. The highest BCUT2D eigenvalue weighted by Crippen LogP contribution is 2.38. The molecule has 1 aromatic heterocycles. The minimum Gasteiger partial charge on any atom is -0.327 e. The molecule has 2 N–H and O–H groups in total. The summed E-state index contributed by atoms with van der Waals surface area (Å²) in [4.78, 5) is 5.41. The first-order valence-corrected chi connectivity index (χ1v) is 7.49. The molecule has 0 bridgehead atoms. The molecule has 2 rings (SSSR count). The topological polar surface area (TPSA) is 38.9 Å². The van der Waals surface area contributed by atoms with Crippen LogP contribution in [-0.4, -0.2) is 11.0 Å². The van der Waals surface area contributed by atoms with E-state index in [1.54, 1.807) is 24.0 Å². The lowest BCUT2D eigenvalue weighted by molar-refractivity contribution is 0.705. The van der Waals surface area contributed by atoms with Gasteiger partial charge in [0.2, 0.25) is 0 Å². The highest BCUT2D eigenvalue weighted by Gasteiger charge is 2.19. The fraction of sp³-hybridized carbons (Fsp3) is 0.214. The van der Waals surface area contributed by atoms with Crippen molar-refractivity contribution in [3.63, 3.8) is 0 Å². The minimum absolute atomic E-state index is 0.0191. The van der Waals surface area contributed by atoms with Crippen molar-refractivity contribution in [1.82, 2.24) is 4.98 Å². The Hall–Kier alpha value is -0.740. The van der Waals surface area contributed by atoms with Crippen LogP contribution in [0.2, 0.25) is 10.0 Å². The van der Waals surface area contributed by atoms with E-state index in [0.29, 0.717) is 10.0 Å². The van der Waals surface area contributed by atoms with Gasteiger partial charge in [0.1, 0.15) is 0 Å². The van der Waals surface area contributed by atoms with Crippen molar-refractivity contribution in [2.24, 2.45) is 5.73 Å². The maximum absolute atomic E-state index is 6.06. The quantitative estimate of drug-likeness (QED) is 0.840. The van der Waals surface area contributed by atoms with E-state index in [2.05, 4.69) is 4.98 Å². The van der Waals surface area contributed by atoms with Crippen LogP contribution < -0.4 is 5.73 Å². The molecule has 2 atom stereocenters. The van der Waals surface area contributed by atoms with Gasteiger partial charge < -0.3 is 5.73 Å². The Morgan fingerprint density at radius 2 is 1.95 bits per heavy atom. The van der Waals surface area contributed by atoms with E-state index in [-0.39, 0.29) is 11.3 Å². The van der Waals surface area contributed by atoms with Crippen LogP contribution in [-0.2, 0) is 0 Å². The van der Waals surface area contributed by atoms with Crippen molar-refractivity contribution in [1.29, 1.82) is 0 Å². The van der Waals surface area contributed by atoms with Gasteiger partial charge >= 0.3 is 0 Å². The van der Waals surface area contributed by atoms with Crippen LogP contribution in [0.5, 0.6) is 0 Å². The smallest absolute Gasteiger partial charge is 0.0665 e. The lowest BCUT2D eigenvalue weighted by atomic mass is 10.2. The van der Waals surface area contributed by atoms with Crippen LogP contribution >= 0.6 is 35.0 Å². The molecule has 0 amide bonds. The zero-order chi connectivity index (χ0) is 13.8. The Bertz CT molecular complexity index is 546. The molecule has 19 heavy (non-hydrogen) atoms. The zero-order valence-electron chi connectivity index (χ0n) is 10.4. The molecule has 100 valence electrons. The Balaban J connectivity index is 2.24. The highest BCUT2D eigenvalue weighted by atomic mass is 35.5. The van der Waals surface area contributed by atoms with E-state index < -0.39 is 0 Å². The van der Waals surface area contributed by atoms with Crippen molar-refractivity contribution in [2.45, 2.75) is 23.1 Å².